The molecular formula is C18H27N3O2S. The van der Waals surface area contributed by atoms with E-state index < -0.39 is 0 Å². The predicted octanol–water partition coefficient (Wildman–Crippen LogP) is 3.34. The number of aryl methyl sites for hydroxylation is 1. The summed E-state index contributed by atoms with van der Waals surface area (Å²) in [5.74, 6) is 0. The van der Waals surface area contributed by atoms with E-state index in [1.165, 1.54) is 16.9 Å². The number of nitrogens with zero attached hydrogens (tertiary/aromatic N) is 3. The molecule has 0 aromatic carbocycles. The van der Waals surface area contributed by atoms with Crippen molar-refractivity contribution in [3.8, 4) is 0 Å². The molecule has 0 radical (unpaired) electrons. The first-order chi connectivity index (χ1) is 11.6. The summed E-state index contributed by atoms with van der Waals surface area (Å²) in [5.41, 5.74) is 2.47. The predicted molar refractivity (Wildman–Crippen MR) is 95.9 cm³/mol. The van der Waals surface area contributed by atoms with Gasteiger partial charge in [-0.1, -0.05) is 0 Å². The first-order valence-corrected chi connectivity index (χ1v) is 9.59. The maximum atomic E-state index is 9.88. The zero-order valence-electron chi connectivity index (χ0n) is 14.5. The lowest BCUT2D eigenvalue weighted by molar-refractivity contribution is -0.0423. The zero-order valence-corrected chi connectivity index (χ0v) is 15.3. The minimum absolute atomic E-state index is 0.0561. The van der Waals surface area contributed by atoms with Crippen LogP contribution in [0.5, 0.6) is 0 Å². The van der Waals surface area contributed by atoms with Crippen LogP contribution in [0, 0.1) is 6.92 Å². The third-order valence-electron chi connectivity index (χ3n) is 4.42. The average molecular weight is 350 g/mol. The summed E-state index contributed by atoms with van der Waals surface area (Å²) >= 11 is 1.78. The van der Waals surface area contributed by atoms with E-state index in [1.807, 2.05) is 17.8 Å². The van der Waals surface area contributed by atoms with Crippen LogP contribution in [-0.4, -0.2) is 39.0 Å². The molecule has 0 saturated carbocycles. The van der Waals surface area contributed by atoms with Gasteiger partial charge in [0.2, 0.25) is 0 Å². The third kappa shape index (κ3) is 4.45. The number of hydrogen-bond donors (Lipinski definition) is 1. The van der Waals surface area contributed by atoms with E-state index in [9.17, 15) is 5.11 Å². The number of aromatic nitrogens is 2. The Bertz CT molecular complexity index is 632. The quantitative estimate of drug-likeness (QED) is 0.833. The van der Waals surface area contributed by atoms with Gasteiger partial charge in [0.25, 0.3) is 0 Å². The van der Waals surface area contributed by atoms with Gasteiger partial charge < -0.3 is 9.84 Å². The summed E-state index contributed by atoms with van der Waals surface area (Å²) in [5, 5.41) is 16.5. The smallest absolute Gasteiger partial charge is 0.150 e. The SMILES string of the molecule is Cc1ccsc1CN(Cc1ccnn1C1CCCCO1)CC(C)O. The highest BCUT2D eigenvalue weighted by atomic mass is 32.1. The summed E-state index contributed by atoms with van der Waals surface area (Å²) in [4.78, 5) is 3.65. The van der Waals surface area contributed by atoms with Crippen LogP contribution in [0.15, 0.2) is 23.7 Å². The van der Waals surface area contributed by atoms with Crippen LogP contribution in [0.1, 0.15) is 48.5 Å². The molecule has 24 heavy (non-hydrogen) atoms. The number of thiophene rings is 1. The van der Waals surface area contributed by atoms with E-state index in [0.717, 1.165) is 38.2 Å². The number of aliphatic hydroxyl groups is 1. The Morgan fingerprint density at radius 1 is 1.42 bits per heavy atom. The van der Waals surface area contributed by atoms with E-state index >= 15 is 0 Å². The minimum Gasteiger partial charge on any atom is -0.392 e. The van der Waals surface area contributed by atoms with Crippen molar-refractivity contribution in [3.05, 3.63) is 39.8 Å². The average Bonchev–Trinajstić information content (AvgIpc) is 3.17. The number of hydrogen-bond acceptors (Lipinski definition) is 5. The molecule has 2 atom stereocenters. The fourth-order valence-corrected chi connectivity index (χ4v) is 4.15. The molecule has 3 heterocycles. The molecule has 132 valence electrons. The van der Waals surface area contributed by atoms with E-state index in [0.29, 0.717) is 6.54 Å². The van der Waals surface area contributed by atoms with Gasteiger partial charge in [0, 0.05) is 37.3 Å². The van der Waals surface area contributed by atoms with E-state index in [2.05, 4.69) is 34.4 Å². The Morgan fingerprint density at radius 3 is 2.96 bits per heavy atom. The molecule has 2 unspecified atom stereocenters. The van der Waals surface area contributed by atoms with Crippen molar-refractivity contribution >= 4 is 11.3 Å². The first kappa shape index (κ1) is 17.6. The second-order valence-electron chi connectivity index (χ2n) is 6.63. The van der Waals surface area contributed by atoms with Gasteiger partial charge in [-0.2, -0.15) is 5.10 Å². The molecule has 0 amide bonds. The lowest BCUT2D eigenvalue weighted by Gasteiger charge is -2.27. The lowest BCUT2D eigenvalue weighted by atomic mass is 10.2. The number of aliphatic hydroxyl groups excluding tert-OH is 1. The normalized spacial score (nSPS) is 19.8. The molecule has 1 aliphatic heterocycles. The van der Waals surface area contributed by atoms with Crippen molar-refractivity contribution in [2.24, 2.45) is 0 Å². The topological polar surface area (TPSA) is 50.5 Å². The van der Waals surface area contributed by atoms with Crippen molar-refractivity contribution in [1.82, 2.24) is 14.7 Å². The van der Waals surface area contributed by atoms with Gasteiger partial charge >= 0.3 is 0 Å². The van der Waals surface area contributed by atoms with Crippen LogP contribution in [-0.2, 0) is 17.8 Å². The Balaban J connectivity index is 1.72. The summed E-state index contributed by atoms with van der Waals surface area (Å²) in [6.45, 7) is 7.07. The van der Waals surface area contributed by atoms with Gasteiger partial charge in [0.05, 0.1) is 11.8 Å². The summed E-state index contributed by atoms with van der Waals surface area (Å²) in [6, 6.07) is 4.22. The summed E-state index contributed by atoms with van der Waals surface area (Å²) < 4.78 is 7.91. The molecule has 2 aromatic heterocycles. The van der Waals surface area contributed by atoms with Crippen molar-refractivity contribution in [3.63, 3.8) is 0 Å². The Morgan fingerprint density at radius 2 is 2.29 bits per heavy atom. The molecule has 1 saturated heterocycles. The second kappa shape index (κ2) is 8.25. The van der Waals surface area contributed by atoms with Gasteiger partial charge in [0.15, 0.2) is 6.23 Å². The molecule has 1 aliphatic rings. The molecule has 5 nitrogen and oxygen atoms in total. The van der Waals surface area contributed by atoms with Gasteiger partial charge in [0.1, 0.15) is 0 Å². The van der Waals surface area contributed by atoms with Gasteiger partial charge in [-0.05, 0) is 56.2 Å². The minimum atomic E-state index is -0.354. The summed E-state index contributed by atoms with van der Waals surface area (Å²) in [6.07, 6.45) is 4.90. The molecule has 3 rings (SSSR count). The first-order valence-electron chi connectivity index (χ1n) is 8.71. The second-order valence-corrected chi connectivity index (χ2v) is 7.63. The maximum Gasteiger partial charge on any atom is 0.150 e. The highest BCUT2D eigenvalue weighted by Gasteiger charge is 2.21. The van der Waals surface area contributed by atoms with Gasteiger partial charge in [-0.15, -0.1) is 11.3 Å². The maximum absolute atomic E-state index is 9.88. The van der Waals surface area contributed by atoms with Crippen LogP contribution in [0.25, 0.3) is 0 Å². The van der Waals surface area contributed by atoms with Crippen LogP contribution < -0.4 is 0 Å². The Labute approximate surface area is 147 Å². The lowest BCUT2D eigenvalue weighted by Crippen LogP contribution is -2.32. The summed E-state index contributed by atoms with van der Waals surface area (Å²) in [7, 11) is 0. The van der Waals surface area contributed by atoms with Crippen LogP contribution in [0.2, 0.25) is 0 Å². The molecule has 0 bridgehead atoms. The highest BCUT2D eigenvalue weighted by Crippen LogP contribution is 2.25. The van der Waals surface area contributed by atoms with Gasteiger partial charge in [-0.3, -0.25) is 4.90 Å². The Hall–Kier alpha value is -1.21. The third-order valence-corrected chi connectivity index (χ3v) is 5.43. The highest BCUT2D eigenvalue weighted by molar-refractivity contribution is 7.10. The fraction of sp³-hybridized carbons (Fsp3) is 0.611. The number of ether oxygens (including phenoxy) is 1. The molecular weight excluding hydrogens is 322 g/mol. The monoisotopic (exact) mass is 349 g/mol. The van der Waals surface area contributed by atoms with E-state index in [-0.39, 0.29) is 12.3 Å². The van der Waals surface area contributed by atoms with Gasteiger partial charge in [-0.25, -0.2) is 4.68 Å². The molecule has 1 fully saturated rings. The van der Waals surface area contributed by atoms with Crippen LogP contribution >= 0.6 is 11.3 Å². The van der Waals surface area contributed by atoms with Crippen molar-refractivity contribution in [1.29, 1.82) is 0 Å². The largest absolute Gasteiger partial charge is 0.392 e. The van der Waals surface area contributed by atoms with E-state index in [4.69, 9.17) is 4.74 Å². The fourth-order valence-electron chi connectivity index (χ4n) is 3.20. The molecule has 0 spiro atoms. The molecule has 0 aliphatic carbocycles. The van der Waals surface area contributed by atoms with Crippen molar-refractivity contribution in [2.45, 2.75) is 58.5 Å². The van der Waals surface area contributed by atoms with Crippen LogP contribution in [0.4, 0.5) is 0 Å². The molecule has 2 aromatic rings. The van der Waals surface area contributed by atoms with Crippen molar-refractivity contribution < 1.29 is 9.84 Å². The van der Waals surface area contributed by atoms with Crippen molar-refractivity contribution in [2.75, 3.05) is 13.2 Å². The molecule has 6 heteroatoms. The molecule has 1 N–H and O–H groups in total. The zero-order chi connectivity index (χ0) is 16.9. The Kier molecular flexibility index (Phi) is 6.05. The van der Waals surface area contributed by atoms with E-state index in [1.54, 1.807) is 11.3 Å². The van der Waals surface area contributed by atoms with Crippen LogP contribution in [0.3, 0.4) is 0 Å². The standard InChI is InChI=1S/C18H27N3O2S/c1-14-7-10-24-17(14)13-20(11-15(2)22)12-16-6-8-19-21(16)18-5-3-4-9-23-18/h6-8,10,15,18,22H,3-5,9,11-13H2,1-2H3. The number of rotatable bonds is 7.